The lowest BCUT2D eigenvalue weighted by molar-refractivity contribution is -0.140. The zero-order valence-corrected chi connectivity index (χ0v) is 27.6. The van der Waals surface area contributed by atoms with Gasteiger partial charge in [-0.2, -0.15) is 0 Å². The molecular formula is C35H40FN5O6S. The second-order valence-electron chi connectivity index (χ2n) is 13.9. The number of pyridine rings is 1. The van der Waals surface area contributed by atoms with E-state index in [9.17, 15) is 27.2 Å². The number of carbonyl (C=O) groups excluding carboxylic acids is 3. The van der Waals surface area contributed by atoms with Gasteiger partial charge in [0, 0.05) is 29.2 Å². The first-order valence-corrected chi connectivity index (χ1v) is 18.2. The molecule has 1 aromatic heterocycles. The van der Waals surface area contributed by atoms with Gasteiger partial charge in [0.25, 0.3) is 5.91 Å². The molecule has 5 atom stereocenters. The second kappa shape index (κ2) is 12.1. The van der Waals surface area contributed by atoms with Crippen LogP contribution in [0.4, 0.5) is 4.39 Å². The minimum Gasteiger partial charge on any atom is -0.472 e. The van der Waals surface area contributed by atoms with Crippen LogP contribution in [0.3, 0.4) is 0 Å². The Labute approximate surface area is 278 Å². The number of benzene rings is 2. The number of nitrogens with one attached hydrogen (secondary N) is 2. The lowest BCUT2D eigenvalue weighted by atomic mass is 10.1. The molecule has 2 aromatic carbocycles. The monoisotopic (exact) mass is 677 g/mol. The Morgan fingerprint density at radius 2 is 1.88 bits per heavy atom. The molecule has 1 saturated heterocycles. The molecule has 2 saturated carbocycles. The molecule has 254 valence electrons. The molecule has 3 heterocycles. The summed E-state index contributed by atoms with van der Waals surface area (Å²) in [5.41, 5.74) is 5.31. The smallest absolute Gasteiger partial charge is 0.259 e. The van der Waals surface area contributed by atoms with Crippen LogP contribution in [-0.4, -0.2) is 71.0 Å². The van der Waals surface area contributed by atoms with Gasteiger partial charge in [-0.25, -0.2) is 17.8 Å². The van der Waals surface area contributed by atoms with Crippen molar-refractivity contribution in [2.45, 2.75) is 93.2 Å². The van der Waals surface area contributed by atoms with Crippen molar-refractivity contribution in [2.75, 3.05) is 6.54 Å². The quantitative estimate of drug-likeness (QED) is 0.273. The predicted molar refractivity (Wildman–Crippen MR) is 178 cm³/mol. The molecule has 2 aliphatic carbocycles. The van der Waals surface area contributed by atoms with Gasteiger partial charge in [0.05, 0.1) is 22.9 Å². The normalized spacial score (nSPS) is 29.6. The topological polar surface area (TPSA) is 161 Å². The Balaban J connectivity index is 1.19. The summed E-state index contributed by atoms with van der Waals surface area (Å²) in [4.78, 5) is 47.6. The van der Waals surface area contributed by atoms with Crippen LogP contribution in [0.15, 0.2) is 54.6 Å². The van der Waals surface area contributed by atoms with E-state index in [2.05, 4.69) is 15.0 Å². The summed E-state index contributed by atoms with van der Waals surface area (Å²) in [6, 6.07) is 9.97. The average molecular weight is 678 g/mol. The van der Waals surface area contributed by atoms with Crippen LogP contribution in [0, 0.1) is 11.7 Å². The van der Waals surface area contributed by atoms with Crippen molar-refractivity contribution in [3.63, 3.8) is 0 Å². The van der Waals surface area contributed by atoms with E-state index >= 15 is 0 Å². The van der Waals surface area contributed by atoms with Gasteiger partial charge in [-0.05, 0) is 69.0 Å². The number of nitrogens with two attached hydrogens (primary N) is 1. The van der Waals surface area contributed by atoms with Gasteiger partial charge in [0.1, 0.15) is 23.5 Å². The highest BCUT2D eigenvalue weighted by atomic mass is 32.2. The van der Waals surface area contributed by atoms with Gasteiger partial charge in [-0.3, -0.25) is 19.1 Å². The lowest BCUT2D eigenvalue weighted by Crippen LogP contribution is -2.58. The van der Waals surface area contributed by atoms with E-state index in [4.69, 9.17) is 10.5 Å². The summed E-state index contributed by atoms with van der Waals surface area (Å²) in [5.74, 6) is -2.36. The summed E-state index contributed by atoms with van der Waals surface area (Å²) < 4.78 is 47.9. The molecule has 3 aromatic rings. The third-order valence-corrected chi connectivity index (χ3v) is 12.6. The van der Waals surface area contributed by atoms with E-state index in [0.29, 0.717) is 30.2 Å². The van der Waals surface area contributed by atoms with Crippen LogP contribution < -0.4 is 20.5 Å². The maximum absolute atomic E-state index is 14.2. The van der Waals surface area contributed by atoms with E-state index in [-0.39, 0.29) is 25.3 Å². The number of allylic oxidation sites excluding steroid dienone is 1. The third kappa shape index (κ3) is 5.91. The molecule has 0 unspecified atom stereocenters. The Bertz CT molecular complexity index is 1950. The fourth-order valence-corrected chi connectivity index (χ4v) is 8.30. The molecule has 3 amide bonds. The number of aromatic nitrogens is 1. The van der Waals surface area contributed by atoms with Crippen molar-refractivity contribution < 1.29 is 31.9 Å². The van der Waals surface area contributed by atoms with Crippen molar-refractivity contribution >= 4 is 49.4 Å². The molecule has 0 spiro atoms. The van der Waals surface area contributed by atoms with Gasteiger partial charge in [0.15, 0.2) is 0 Å². The van der Waals surface area contributed by atoms with Crippen LogP contribution in [0.2, 0.25) is 0 Å². The first-order chi connectivity index (χ1) is 22.9. The number of hydrogen-bond acceptors (Lipinski definition) is 8. The molecule has 2 aliphatic heterocycles. The van der Waals surface area contributed by atoms with E-state index in [1.54, 1.807) is 13.0 Å². The SMILES string of the molecule is CC1(S(=O)(=O)NC(=O)[C@@]23C[C@H]2/C=C\CCCCC[C@H](N)C(=O)N2C[C@H](Oc4nc5cc(F)ccc5c5ccccc45)C[C@H]2C(=O)N3)CC1. The van der Waals surface area contributed by atoms with Crippen molar-refractivity contribution in [3.05, 3.63) is 60.4 Å². The summed E-state index contributed by atoms with van der Waals surface area (Å²) >= 11 is 0. The number of amides is 3. The predicted octanol–water partition coefficient (Wildman–Crippen LogP) is 3.60. The molecule has 4 N–H and O–H groups in total. The van der Waals surface area contributed by atoms with Gasteiger partial charge in [-0.1, -0.05) is 43.2 Å². The van der Waals surface area contributed by atoms with Gasteiger partial charge in [-0.15, -0.1) is 0 Å². The minimum absolute atomic E-state index is 0.0388. The van der Waals surface area contributed by atoms with E-state index < -0.39 is 68.0 Å². The van der Waals surface area contributed by atoms with Crippen LogP contribution in [0.1, 0.15) is 64.7 Å². The van der Waals surface area contributed by atoms with Crippen molar-refractivity contribution in [2.24, 2.45) is 11.7 Å². The number of rotatable bonds is 5. The molecule has 0 radical (unpaired) electrons. The van der Waals surface area contributed by atoms with Crippen LogP contribution >= 0.6 is 0 Å². The van der Waals surface area contributed by atoms with Crippen LogP contribution in [0.5, 0.6) is 5.88 Å². The lowest BCUT2D eigenvalue weighted by Gasteiger charge is -2.28. The average Bonchev–Trinajstić information content (AvgIpc) is 3.93. The maximum atomic E-state index is 14.2. The minimum atomic E-state index is -3.95. The Morgan fingerprint density at radius 3 is 2.65 bits per heavy atom. The van der Waals surface area contributed by atoms with Crippen molar-refractivity contribution in [1.29, 1.82) is 0 Å². The Kier molecular flexibility index (Phi) is 8.18. The summed E-state index contributed by atoms with van der Waals surface area (Å²) in [5, 5.41) is 5.14. The van der Waals surface area contributed by atoms with Crippen molar-refractivity contribution in [1.82, 2.24) is 19.9 Å². The standard InChI is InChI=1S/C35H40FN5O6S/c1-34(15-16-34)48(45,46)40-33(44)35-19-21(35)9-5-3-2-4-6-12-27(37)32(43)41-20-23(18-29(41)30(42)39-35)47-31-26-11-8-7-10-24(26)25-14-13-22(36)17-28(25)38-31/h5,7-11,13-14,17,21,23,27,29H,2-4,6,12,15-16,18-20,37H2,1H3,(H,39,42)(H,40,44)/b9-5-/t21-,23-,27+,29+,35-/m1/s1. The first-order valence-electron chi connectivity index (χ1n) is 16.7. The number of fused-ring (bicyclic) bond motifs is 5. The zero-order valence-electron chi connectivity index (χ0n) is 26.8. The largest absolute Gasteiger partial charge is 0.472 e. The first kappa shape index (κ1) is 32.4. The highest BCUT2D eigenvalue weighted by Crippen LogP contribution is 2.47. The summed E-state index contributed by atoms with van der Waals surface area (Å²) in [7, 11) is -3.95. The fraction of sp³-hybridized carbons (Fsp3) is 0.486. The number of ether oxygens (including phenoxy) is 1. The summed E-state index contributed by atoms with van der Waals surface area (Å²) in [6.07, 6.45) is 8.04. The zero-order chi connectivity index (χ0) is 33.8. The molecule has 48 heavy (non-hydrogen) atoms. The highest BCUT2D eigenvalue weighted by molar-refractivity contribution is 7.91. The molecule has 13 heteroatoms. The van der Waals surface area contributed by atoms with E-state index in [1.165, 1.54) is 17.0 Å². The highest BCUT2D eigenvalue weighted by Gasteiger charge is 2.63. The summed E-state index contributed by atoms with van der Waals surface area (Å²) in [6.45, 7) is 1.63. The molecule has 4 aliphatic rings. The number of sulfonamides is 1. The Hall–Kier alpha value is -4.10. The van der Waals surface area contributed by atoms with E-state index in [1.807, 2.05) is 36.4 Å². The second-order valence-corrected chi connectivity index (χ2v) is 16.1. The van der Waals surface area contributed by atoms with Crippen LogP contribution in [-0.2, 0) is 24.4 Å². The van der Waals surface area contributed by atoms with Gasteiger partial charge < -0.3 is 20.7 Å². The van der Waals surface area contributed by atoms with Gasteiger partial charge >= 0.3 is 0 Å². The van der Waals surface area contributed by atoms with Crippen LogP contribution in [0.25, 0.3) is 21.7 Å². The molecule has 0 bridgehead atoms. The van der Waals surface area contributed by atoms with E-state index in [0.717, 1.165) is 36.5 Å². The number of carbonyl (C=O) groups is 3. The van der Waals surface area contributed by atoms with Crippen molar-refractivity contribution in [3.8, 4) is 5.88 Å². The third-order valence-electron chi connectivity index (χ3n) is 10.4. The van der Waals surface area contributed by atoms with Gasteiger partial charge in [0.2, 0.25) is 27.7 Å². The Morgan fingerprint density at radius 1 is 1.10 bits per heavy atom. The molecule has 11 nitrogen and oxygen atoms in total. The molecule has 3 fully saturated rings. The molecule has 7 rings (SSSR count). The number of nitrogens with zero attached hydrogens (tertiary/aromatic N) is 2. The number of halogens is 1. The molecular weight excluding hydrogens is 637 g/mol. The maximum Gasteiger partial charge on any atom is 0.259 e. The fourth-order valence-electron chi connectivity index (χ4n) is 6.99. The number of hydrogen-bond donors (Lipinski definition) is 3.